The van der Waals surface area contributed by atoms with Gasteiger partial charge in [0.2, 0.25) is 5.91 Å². The second-order valence-electron chi connectivity index (χ2n) is 3.47. The lowest BCUT2D eigenvalue weighted by Crippen LogP contribution is -2.36. The summed E-state index contributed by atoms with van der Waals surface area (Å²) >= 11 is 0. The van der Waals surface area contributed by atoms with Crippen molar-refractivity contribution in [1.82, 2.24) is 15.4 Å². The highest BCUT2D eigenvalue weighted by Gasteiger charge is 2.28. The standard InChI is InChI=1S/C9H13N3O2/c1-12-4-2-8(9(12)13)10-6-7-3-5-14-11-7/h3,5,8,10H,2,4,6H2,1H3. The first-order valence-corrected chi connectivity index (χ1v) is 4.65. The summed E-state index contributed by atoms with van der Waals surface area (Å²) < 4.78 is 4.69. The second-order valence-corrected chi connectivity index (χ2v) is 3.47. The molecule has 1 aromatic rings. The fraction of sp³-hybridized carbons (Fsp3) is 0.556. The first kappa shape index (κ1) is 9.21. The average molecular weight is 195 g/mol. The van der Waals surface area contributed by atoms with Crippen molar-refractivity contribution in [1.29, 1.82) is 0 Å². The van der Waals surface area contributed by atoms with Gasteiger partial charge in [-0.3, -0.25) is 10.1 Å². The summed E-state index contributed by atoms with van der Waals surface area (Å²) in [6, 6.07) is 1.73. The van der Waals surface area contributed by atoms with Crippen LogP contribution in [0.3, 0.4) is 0 Å². The van der Waals surface area contributed by atoms with Crippen molar-refractivity contribution in [3.8, 4) is 0 Å². The first-order chi connectivity index (χ1) is 6.77. The Hall–Kier alpha value is -1.36. The van der Waals surface area contributed by atoms with Gasteiger partial charge in [0.25, 0.3) is 0 Å². The van der Waals surface area contributed by atoms with E-state index in [-0.39, 0.29) is 11.9 Å². The van der Waals surface area contributed by atoms with Gasteiger partial charge in [-0.05, 0) is 6.42 Å². The Kier molecular flexibility index (Phi) is 2.49. The predicted molar refractivity (Wildman–Crippen MR) is 49.4 cm³/mol. The van der Waals surface area contributed by atoms with E-state index in [4.69, 9.17) is 4.52 Å². The van der Waals surface area contributed by atoms with Gasteiger partial charge in [-0.15, -0.1) is 0 Å². The zero-order valence-electron chi connectivity index (χ0n) is 8.06. The lowest BCUT2D eigenvalue weighted by Gasteiger charge is -2.10. The summed E-state index contributed by atoms with van der Waals surface area (Å²) in [7, 11) is 1.82. The molecular formula is C9H13N3O2. The molecule has 1 atom stereocenters. The number of likely N-dealkylation sites (N-methyl/N-ethyl adjacent to an activating group) is 1. The molecule has 76 valence electrons. The van der Waals surface area contributed by atoms with Crippen LogP contribution >= 0.6 is 0 Å². The van der Waals surface area contributed by atoms with Crippen LogP contribution in [0.2, 0.25) is 0 Å². The summed E-state index contributed by atoms with van der Waals surface area (Å²) in [5.41, 5.74) is 0.826. The average Bonchev–Trinajstić information content (AvgIpc) is 2.77. The minimum Gasteiger partial charge on any atom is -0.364 e. The number of nitrogens with zero attached hydrogens (tertiary/aromatic N) is 2. The third-order valence-electron chi connectivity index (χ3n) is 2.45. The summed E-state index contributed by atoms with van der Waals surface area (Å²) in [6.45, 7) is 1.41. The maximum atomic E-state index is 11.5. The van der Waals surface area contributed by atoms with Crippen LogP contribution < -0.4 is 5.32 Å². The smallest absolute Gasteiger partial charge is 0.239 e. The minimum absolute atomic E-state index is 0.0586. The van der Waals surface area contributed by atoms with E-state index in [1.54, 1.807) is 11.0 Å². The van der Waals surface area contributed by atoms with Gasteiger partial charge < -0.3 is 9.42 Å². The third-order valence-corrected chi connectivity index (χ3v) is 2.45. The van der Waals surface area contributed by atoms with Gasteiger partial charge in [0, 0.05) is 26.2 Å². The molecule has 0 saturated carbocycles. The van der Waals surface area contributed by atoms with Crippen LogP contribution in [0.1, 0.15) is 12.1 Å². The summed E-state index contributed by atoms with van der Waals surface area (Å²) in [4.78, 5) is 13.2. The fourth-order valence-corrected chi connectivity index (χ4v) is 1.57. The van der Waals surface area contributed by atoms with Gasteiger partial charge in [-0.1, -0.05) is 5.16 Å². The number of rotatable bonds is 3. The third kappa shape index (κ3) is 1.77. The molecule has 5 heteroatoms. The van der Waals surface area contributed by atoms with Crippen molar-refractivity contribution >= 4 is 5.91 Å². The molecule has 1 saturated heterocycles. The quantitative estimate of drug-likeness (QED) is 0.737. The van der Waals surface area contributed by atoms with Crippen LogP contribution in [0, 0.1) is 0 Å². The number of amides is 1. The molecule has 1 aliphatic heterocycles. The summed E-state index contributed by atoms with van der Waals surface area (Å²) in [5.74, 6) is 0.161. The highest BCUT2D eigenvalue weighted by Crippen LogP contribution is 2.08. The molecule has 1 unspecified atom stereocenters. The number of hydrogen-bond acceptors (Lipinski definition) is 4. The Morgan fingerprint density at radius 1 is 1.79 bits per heavy atom. The molecule has 0 radical (unpaired) electrons. The molecule has 0 aromatic carbocycles. The highest BCUT2D eigenvalue weighted by atomic mass is 16.5. The number of hydrogen-bond donors (Lipinski definition) is 1. The zero-order valence-corrected chi connectivity index (χ0v) is 8.06. The van der Waals surface area contributed by atoms with E-state index in [9.17, 15) is 4.79 Å². The molecule has 0 bridgehead atoms. The van der Waals surface area contributed by atoms with E-state index in [1.165, 1.54) is 6.26 Å². The normalized spacial score (nSPS) is 21.9. The first-order valence-electron chi connectivity index (χ1n) is 4.65. The molecular weight excluding hydrogens is 182 g/mol. The maximum Gasteiger partial charge on any atom is 0.239 e. The van der Waals surface area contributed by atoms with Gasteiger partial charge >= 0.3 is 0 Å². The van der Waals surface area contributed by atoms with Crippen molar-refractivity contribution in [3.05, 3.63) is 18.0 Å². The minimum atomic E-state index is -0.0586. The van der Waals surface area contributed by atoms with E-state index in [0.29, 0.717) is 6.54 Å². The van der Waals surface area contributed by atoms with Crippen LogP contribution in [0.5, 0.6) is 0 Å². The van der Waals surface area contributed by atoms with E-state index in [2.05, 4.69) is 10.5 Å². The number of nitrogens with one attached hydrogen (secondary N) is 1. The SMILES string of the molecule is CN1CCC(NCc2ccon2)C1=O. The van der Waals surface area contributed by atoms with E-state index < -0.39 is 0 Å². The predicted octanol–water partition coefficient (Wildman–Crippen LogP) is -0.00510. The number of carbonyl (C=O) groups excluding carboxylic acids is 1. The van der Waals surface area contributed by atoms with Crippen LogP contribution in [0.4, 0.5) is 0 Å². The van der Waals surface area contributed by atoms with Gasteiger partial charge in [-0.25, -0.2) is 0 Å². The second kappa shape index (κ2) is 3.79. The molecule has 5 nitrogen and oxygen atoms in total. The Bertz CT molecular complexity index is 310. The van der Waals surface area contributed by atoms with Crippen molar-refractivity contribution < 1.29 is 9.32 Å². The molecule has 0 spiro atoms. The largest absolute Gasteiger partial charge is 0.364 e. The zero-order chi connectivity index (χ0) is 9.97. The maximum absolute atomic E-state index is 11.5. The summed E-state index contributed by atoms with van der Waals surface area (Å²) in [5, 5.41) is 6.91. The number of carbonyl (C=O) groups is 1. The molecule has 1 aromatic heterocycles. The molecule has 2 rings (SSSR count). The Morgan fingerprint density at radius 3 is 3.21 bits per heavy atom. The van der Waals surface area contributed by atoms with Crippen molar-refractivity contribution in [3.63, 3.8) is 0 Å². The molecule has 1 aliphatic rings. The lowest BCUT2D eigenvalue weighted by molar-refractivity contribution is -0.128. The van der Waals surface area contributed by atoms with Gasteiger partial charge in [0.05, 0.1) is 11.7 Å². The molecule has 2 heterocycles. The van der Waals surface area contributed by atoms with Crippen LogP contribution in [0.15, 0.2) is 16.9 Å². The Balaban J connectivity index is 1.84. The van der Waals surface area contributed by atoms with Crippen LogP contribution in [-0.2, 0) is 11.3 Å². The van der Waals surface area contributed by atoms with E-state index in [1.807, 2.05) is 7.05 Å². The number of likely N-dealkylation sites (tertiary alicyclic amines) is 1. The van der Waals surface area contributed by atoms with Crippen molar-refractivity contribution in [2.24, 2.45) is 0 Å². The molecule has 1 N–H and O–H groups in total. The topological polar surface area (TPSA) is 58.4 Å². The lowest BCUT2D eigenvalue weighted by atomic mass is 10.2. The van der Waals surface area contributed by atoms with Crippen LogP contribution in [0.25, 0.3) is 0 Å². The van der Waals surface area contributed by atoms with E-state index >= 15 is 0 Å². The van der Waals surface area contributed by atoms with Gasteiger partial charge in [0.1, 0.15) is 6.26 Å². The molecule has 1 amide bonds. The summed E-state index contributed by atoms with van der Waals surface area (Å²) in [6.07, 6.45) is 2.40. The Labute approximate surface area is 82.1 Å². The van der Waals surface area contributed by atoms with Gasteiger partial charge in [-0.2, -0.15) is 0 Å². The van der Waals surface area contributed by atoms with Crippen LogP contribution in [-0.4, -0.2) is 35.6 Å². The molecule has 1 fully saturated rings. The molecule has 14 heavy (non-hydrogen) atoms. The van der Waals surface area contributed by atoms with Gasteiger partial charge in [0.15, 0.2) is 0 Å². The van der Waals surface area contributed by atoms with Crippen molar-refractivity contribution in [2.75, 3.05) is 13.6 Å². The monoisotopic (exact) mass is 195 g/mol. The van der Waals surface area contributed by atoms with E-state index in [0.717, 1.165) is 18.7 Å². The number of aromatic nitrogens is 1. The highest BCUT2D eigenvalue weighted by molar-refractivity contribution is 5.83. The molecule has 0 aliphatic carbocycles. The van der Waals surface area contributed by atoms with Crippen molar-refractivity contribution in [2.45, 2.75) is 19.0 Å². The fourth-order valence-electron chi connectivity index (χ4n) is 1.57. The Morgan fingerprint density at radius 2 is 2.64 bits per heavy atom.